The van der Waals surface area contributed by atoms with Crippen LogP contribution < -0.4 is 5.73 Å². The Balaban J connectivity index is 1.75. The van der Waals surface area contributed by atoms with Crippen molar-refractivity contribution in [3.63, 3.8) is 0 Å². The first-order valence-corrected chi connectivity index (χ1v) is 8.21. The molecule has 2 unspecified atom stereocenters. The second-order valence-electron chi connectivity index (χ2n) is 5.45. The van der Waals surface area contributed by atoms with Crippen LogP contribution in [0.2, 0.25) is 0 Å². The van der Waals surface area contributed by atoms with Crippen molar-refractivity contribution >= 4 is 17.4 Å². The number of hydrogen-bond acceptors (Lipinski definition) is 4. The smallest absolute Gasteiger partial charge is 0.144 e. The molecule has 1 heterocycles. The first-order chi connectivity index (χ1) is 10.7. The number of nitrogens with zero attached hydrogens (tertiary/aromatic N) is 1. The minimum absolute atomic E-state index is 0.271. The zero-order valence-electron chi connectivity index (χ0n) is 12.2. The molecule has 0 bridgehead atoms. The lowest BCUT2D eigenvalue weighted by atomic mass is 9.89. The van der Waals surface area contributed by atoms with E-state index in [1.807, 2.05) is 24.3 Å². The fraction of sp³-hybridized carbons (Fsp3) is 0.278. The highest BCUT2D eigenvalue weighted by molar-refractivity contribution is 7.99. The molecule has 0 spiro atoms. The minimum atomic E-state index is -0.271. The van der Waals surface area contributed by atoms with Gasteiger partial charge in [-0.3, -0.25) is 0 Å². The maximum Gasteiger partial charge on any atom is 0.144 e. The van der Waals surface area contributed by atoms with Crippen molar-refractivity contribution < 1.29 is 4.74 Å². The Hall–Kier alpha value is -1.96. The van der Waals surface area contributed by atoms with E-state index in [0.29, 0.717) is 12.5 Å². The molecule has 0 aliphatic carbocycles. The number of hydrogen-bond donors (Lipinski definition) is 1. The zero-order valence-corrected chi connectivity index (χ0v) is 13.1. The molecule has 22 heavy (non-hydrogen) atoms. The van der Waals surface area contributed by atoms with E-state index < -0.39 is 0 Å². The van der Waals surface area contributed by atoms with Crippen LogP contribution >= 0.6 is 11.8 Å². The summed E-state index contributed by atoms with van der Waals surface area (Å²) in [5, 5.41) is 9.04. The van der Waals surface area contributed by atoms with Crippen molar-refractivity contribution in [2.45, 2.75) is 34.7 Å². The molecule has 2 aromatic rings. The summed E-state index contributed by atoms with van der Waals surface area (Å²) in [5.41, 5.74) is 7.80. The molecule has 0 amide bonds. The van der Waals surface area contributed by atoms with Crippen molar-refractivity contribution in [3.05, 3.63) is 54.1 Å². The van der Waals surface area contributed by atoms with Gasteiger partial charge in [-0.05, 0) is 60.7 Å². The van der Waals surface area contributed by atoms with Crippen LogP contribution in [0.1, 0.15) is 24.3 Å². The summed E-state index contributed by atoms with van der Waals surface area (Å²) in [4.78, 5) is 2.38. The van der Waals surface area contributed by atoms with Gasteiger partial charge in [0.2, 0.25) is 0 Å². The van der Waals surface area contributed by atoms with E-state index >= 15 is 0 Å². The van der Waals surface area contributed by atoms with Gasteiger partial charge >= 0.3 is 0 Å². The molecular formula is C18H18N2OS. The Morgan fingerprint density at radius 3 is 2.73 bits per heavy atom. The van der Waals surface area contributed by atoms with Gasteiger partial charge in [0.15, 0.2) is 0 Å². The predicted octanol–water partition coefficient (Wildman–Crippen LogP) is 4.21. The van der Waals surface area contributed by atoms with E-state index in [1.54, 1.807) is 11.8 Å². The monoisotopic (exact) mass is 310 g/mol. The van der Waals surface area contributed by atoms with E-state index in [4.69, 9.17) is 15.7 Å². The number of ether oxygens (including phenoxy) is 1. The molecule has 3 rings (SSSR count). The van der Waals surface area contributed by atoms with Crippen molar-refractivity contribution in [1.82, 2.24) is 0 Å². The van der Waals surface area contributed by atoms with Gasteiger partial charge in [-0.25, -0.2) is 0 Å². The first-order valence-electron chi connectivity index (χ1n) is 7.39. The standard InChI is InChI=1S/C18H18N2OS/c19-12-16-10-14(8-9-21-16)13-2-1-3-18(11-13)22-17-6-4-15(20)5-7-17/h1-7,11,14,16H,8-10,20H2. The predicted molar refractivity (Wildman–Crippen MR) is 88.7 cm³/mol. The van der Waals surface area contributed by atoms with Gasteiger partial charge < -0.3 is 10.5 Å². The molecule has 3 nitrogen and oxygen atoms in total. The van der Waals surface area contributed by atoms with Crippen LogP contribution in [0.3, 0.4) is 0 Å². The van der Waals surface area contributed by atoms with Crippen molar-refractivity contribution in [3.8, 4) is 6.07 Å². The summed E-state index contributed by atoms with van der Waals surface area (Å²) in [5.74, 6) is 0.408. The van der Waals surface area contributed by atoms with E-state index in [9.17, 15) is 0 Å². The fourth-order valence-corrected chi connectivity index (χ4v) is 3.58. The Bertz CT molecular complexity index is 678. The minimum Gasteiger partial charge on any atom is -0.399 e. The van der Waals surface area contributed by atoms with Crippen LogP contribution in [0.25, 0.3) is 0 Å². The number of nitrogens with two attached hydrogens (primary N) is 1. The number of nitrogen functional groups attached to an aromatic ring is 1. The summed E-state index contributed by atoms with van der Waals surface area (Å²) in [6.07, 6.45) is 1.49. The molecule has 1 aliphatic heterocycles. The third kappa shape index (κ3) is 3.62. The third-order valence-electron chi connectivity index (χ3n) is 3.87. The number of benzene rings is 2. The largest absolute Gasteiger partial charge is 0.399 e. The van der Waals surface area contributed by atoms with Gasteiger partial charge in [0, 0.05) is 22.1 Å². The Kier molecular flexibility index (Phi) is 4.67. The fourth-order valence-electron chi connectivity index (χ4n) is 2.69. The van der Waals surface area contributed by atoms with Gasteiger partial charge in [0.1, 0.15) is 6.10 Å². The molecule has 2 N–H and O–H groups in total. The Labute approximate surface area is 135 Å². The summed E-state index contributed by atoms with van der Waals surface area (Å²) in [7, 11) is 0. The average Bonchev–Trinajstić information content (AvgIpc) is 2.57. The number of nitriles is 1. The molecule has 112 valence electrons. The van der Waals surface area contributed by atoms with E-state index in [2.05, 4.69) is 30.3 Å². The zero-order chi connectivity index (χ0) is 15.4. The van der Waals surface area contributed by atoms with Gasteiger partial charge in [-0.1, -0.05) is 23.9 Å². The molecule has 1 saturated heterocycles. The lowest BCUT2D eigenvalue weighted by Gasteiger charge is -2.26. The molecule has 1 fully saturated rings. The van der Waals surface area contributed by atoms with Crippen LogP contribution in [-0.2, 0) is 4.74 Å². The lowest BCUT2D eigenvalue weighted by Crippen LogP contribution is -2.23. The summed E-state index contributed by atoms with van der Waals surface area (Å²) in [6, 6.07) is 18.7. The van der Waals surface area contributed by atoms with Gasteiger partial charge in [-0.2, -0.15) is 5.26 Å². The Morgan fingerprint density at radius 2 is 1.95 bits per heavy atom. The van der Waals surface area contributed by atoms with Crippen molar-refractivity contribution in [2.75, 3.05) is 12.3 Å². The molecule has 2 aromatic carbocycles. The molecule has 0 aromatic heterocycles. The summed E-state index contributed by atoms with van der Waals surface area (Å²) in [6.45, 7) is 0.665. The van der Waals surface area contributed by atoms with Crippen LogP contribution in [0.5, 0.6) is 0 Å². The highest BCUT2D eigenvalue weighted by Gasteiger charge is 2.23. The normalized spacial score (nSPS) is 21.2. The lowest BCUT2D eigenvalue weighted by molar-refractivity contribution is 0.0408. The molecule has 4 heteroatoms. The van der Waals surface area contributed by atoms with Gasteiger partial charge in [0.05, 0.1) is 6.07 Å². The third-order valence-corrected chi connectivity index (χ3v) is 4.87. The molecule has 0 saturated carbocycles. The molecule has 0 radical (unpaired) electrons. The van der Waals surface area contributed by atoms with E-state index in [0.717, 1.165) is 18.5 Å². The van der Waals surface area contributed by atoms with Gasteiger partial charge in [0.25, 0.3) is 0 Å². The quantitative estimate of drug-likeness (QED) is 0.863. The summed E-state index contributed by atoms with van der Waals surface area (Å²) < 4.78 is 5.44. The maximum atomic E-state index is 9.04. The number of rotatable bonds is 3. The van der Waals surface area contributed by atoms with E-state index in [-0.39, 0.29) is 6.10 Å². The molecular weight excluding hydrogens is 292 g/mol. The topological polar surface area (TPSA) is 59.0 Å². The maximum absolute atomic E-state index is 9.04. The average molecular weight is 310 g/mol. The first kappa shape index (κ1) is 15.0. The van der Waals surface area contributed by atoms with Crippen LogP contribution in [-0.4, -0.2) is 12.7 Å². The number of anilines is 1. The highest BCUT2D eigenvalue weighted by Crippen LogP contribution is 2.34. The van der Waals surface area contributed by atoms with Crippen molar-refractivity contribution in [2.24, 2.45) is 0 Å². The molecule has 1 aliphatic rings. The SMILES string of the molecule is N#CC1CC(c2cccc(Sc3ccc(N)cc3)c2)CCO1. The summed E-state index contributed by atoms with van der Waals surface area (Å²) >= 11 is 1.73. The van der Waals surface area contributed by atoms with E-state index in [1.165, 1.54) is 15.4 Å². The van der Waals surface area contributed by atoms with Crippen LogP contribution in [0, 0.1) is 11.3 Å². The van der Waals surface area contributed by atoms with Gasteiger partial charge in [-0.15, -0.1) is 0 Å². The Morgan fingerprint density at radius 1 is 1.14 bits per heavy atom. The van der Waals surface area contributed by atoms with Crippen LogP contribution in [0.4, 0.5) is 5.69 Å². The molecule has 2 atom stereocenters. The highest BCUT2D eigenvalue weighted by atomic mass is 32.2. The van der Waals surface area contributed by atoms with Crippen LogP contribution in [0.15, 0.2) is 58.3 Å². The van der Waals surface area contributed by atoms with Crippen molar-refractivity contribution in [1.29, 1.82) is 5.26 Å². The second-order valence-corrected chi connectivity index (χ2v) is 6.60. The second kappa shape index (κ2) is 6.87.